The Hall–Kier alpha value is -3.52. The number of H-pyrrole nitrogens is 1. The molecule has 0 aliphatic heterocycles. The molecule has 4 amide bonds. The van der Waals surface area contributed by atoms with Crippen LogP contribution in [0.4, 0.5) is 0 Å². The van der Waals surface area contributed by atoms with E-state index in [2.05, 4.69) is 25.9 Å². The van der Waals surface area contributed by atoms with E-state index in [1.807, 2.05) is 6.92 Å². The maximum Gasteiger partial charge on any atom is 0.326 e. The fourth-order valence-electron chi connectivity index (χ4n) is 3.50. The second-order valence-corrected chi connectivity index (χ2v) is 9.01. The van der Waals surface area contributed by atoms with Crippen LogP contribution in [0.3, 0.4) is 0 Å². The molecule has 1 rings (SSSR count). The molecule has 5 atom stereocenters. The van der Waals surface area contributed by atoms with Gasteiger partial charge in [-0.15, -0.1) is 0 Å². The summed E-state index contributed by atoms with van der Waals surface area (Å²) in [6.45, 7) is 3.98. The molecule has 14 nitrogen and oxygen atoms in total. The second-order valence-electron chi connectivity index (χ2n) is 9.01. The molecule has 0 fully saturated rings. The number of carbonyl (C=O) groups excluding carboxylic acids is 4. The predicted molar refractivity (Wildman–Crippen MR) is 134 cm³/mol. The van der Waals surface area contributed by atoms with Gasteiger partial charge in [-0.1, -0.05) is 20.3 Å². The van der Waals surface area contributed by atoms with Gasteiger partial charge in [0.25, 0.3) is 0 Å². The number of rotatable bonds is 18. The first-order chi connectivity index (χ1) is 17.5. The van der Waals surface area contributed by atoms with Gasteiger partial charge in [-0.2, -0.15) is 0 Å². The largest absolute Gasteiger partial charge is 0.480 e. The minimum Gasteiger partial charge on any atom is -0.480 e. The lowest BCUT2D eigenvalue weighted by atomic mass is 9.96. The summed E-state index contributed by atoms with van der Waals surface area (Å²) < 4.78 is 0. The van der Waals surface area contributed by atoms with Crippen LogP contribution >= 0.6 is 0 Å². The number of amides is 4. The molecule has 1 aromatic rings. The highest BCUT2D eigenvalue weighted by molar-refractivity contribution is 5.94. The van der Waals surface area contributed by atoms with Gasteiger partial charge in [-0.25, -0.2) is 9.78 Å². The lowest BCUT2D eigenvalue weighted by Crippen LogP contribution is -2.58. The summed E-state index contributed by atoms with van der Waals surface area (Å²) in [5.74, 6) is -4.07. The number of imidazole rings is 1. The molecular weight excluding hydrogens is 484 g/mol. The second kappa shape index (κ2) is 16.3. The van der Waals surface area contributed by atoms with Crippen molar-refractivity contribution < 1.29 is 29.1 Å². The van der Waals surface area contributed by atoms with E-state index in [9.17, 15) is 29.1 Å². The third kappa shape index (κ3) is 11.4. The topological polar surface area (TPSA) is 248 Å². The first-order valence-electron chi connectivity index (χ1n) is 12.3. The number of hydrogen-bond acceptors (Lipinski definition) is 8. The number of carboxylic acid groups (broad SMARTS) is 1. The molecule has 0 aliphatic carbocycles. The fourth-order valence-corrected chi connectivity index (χ4v) is 3.50. The summed E-state index contributed by atoms with van der Waals surface area (Å²) in [7, 11) is 0. The average molecular weight is 525 g/mol. The number of aromatic amines is 1. The van der Waals surface area contributed by atoms with Crippen LogP contribution in [0.5, 0.6) is 0 Å². The van der Waals surface area contributed by atoms with Crippen molar-refractivity contribution >= 4 is 29.6 Å². The molecule has 0 radical (unpaired) electrons. The summed E-state index contributed by atoms with van der Waals surface area (Å²) in [5.41, 5.74) is 17.0. The van der Waals surface area contributed by atoms with Gasteiger partial charge in [0.2, 0.25) is 23.6 Å². The van der Waals surface area contributed by atoms with Crippen molar-refractivity contribution in [1.82, 2.24) is 25.9 Å². The fraction of sp³-hybridized carbons (Fsp3) is 0.652. The van der Waals surface area contributed by atoms with E-state index in [1.54, 1.807) is 6.92 Å². The van der Waals surface area contributed by atoms with Crippen LogP contribution < -0.4 is 33.2 Å². The van der Waals surface area contributed by atoms with Crippen molar-refractivity contribution in [1.29, 1.82) is 0 Å². The number of unbranched alkanes of at least 4 members (excludes halogenated alkanes) is 1. The van der Waals surface area contributed by atoms with E-state index in [0.717, 1.165) is 0 Å². The predicted octanol–water partition coefficient (Wildman–Crippen LogP) is -1.74. The lowest BCUT2D eigenvalue weighted by molar-refractivity contribution is -0.142. The van der Waals surface area contributed by atoms with Gasteiger partial charge in [-0.3, -0.25) is 19.2 Å². The molecule has 1 aromatic heterocycles. The van der Waals surface area contributed by atoms with Gasteiger partial charge in [0.1, 0.15) is 18.1 Å². The zero-order chi connectivity index (χ0) is 28.0. The van der Waals surface area contributed by atoms with Gasteiger partial charge in [0, 0.05) is 24.7 Å². The number of carboxylic acids is 1. The summed E-state index contributed by atoms with van der Waals surface area (Å²) in [6, 6.07) is -4.37. The van der Waals surface area contributed by atoms with E-state index in [-0.39, 0.29) is 31.6 Å². The molecule has 208 valence electrons. The number of aliphatic carboxylic acids is 1. The molecule has 0 aromatic carbocycles. The first kappa shape index (κ1) is 31.5. The Labute approximate surface area is 215 Å². The van der Waals surface area contributed by atoms with Gasteiger partial charge in [0.15, 0.2) is 0 Å². The smallest absolute Gasteiger partial charge is 0.326 e. The number of carbonyl (C=O) groups is 5. The Morgan fingerprint density at radius 2 is 1.70 bits per heavy atom. The summed E-state index contributed by atoms with van der Waals surface area (Å²) in [5, 5.41) is 17.3. The van der Waals surface area contributed by atoms with Crippen molar-refractivity contribution in [2.45, 2.75) is 83.0 Å². The molecule has 0 aliphatic rings. The number of primary amides is 1. The molecule has 11 N–H and O–H groups in total. The van der Waals surface area contributed by atoms with E-state index in [4.69, 9.17) is 17.2 Å². The molecular formula is C23H40N8O6. The summed E-state index contributed by atoms with van der Waals surface area (Å²) >= 11 is 0. The Morgan fingerprint density at radius 1 is 1.03 bits per heavy atom. The van der Waals surface area contributed by atoms with Crippen LogP contribution in [-0.4, -0.2) is 75.4 Å². The van der Waals surface area contributed by atoms with Gasteiger partial charge in [0.05, 0.1) is 12.4 Å². The van der Waals surface area contributed by atoms with E-state index >= 15 is 0 Å². The highest BCUT2D eigenvalue weighted by Crippen LogP contribution is 2.11. The van der Waals surface area contributed by atoms with Crippen LogP contribution in [0.2, 0.25) is 0 Å². The lowest BCUT2D eigenvalue weighted by Gasteiger charge is -2.28. The van der Waals surface area contributed by atoms with E-state index in [0.29, 0.717) is 31.5 Å². The van der Waals surface area contributed by atoms with E-state index < -0.39 is 53.8 Å². The standard InChI is InChI=1S/C23H40N8O6/c1-3-13(2)19(31-20(33)15(25)7-8-18(26)32)22(35)29-16(6-4-5-9-24)21(34)30-17(23(36)37)10-14-11-27-12-28-14/h11-13,15-17,19H,3-10,24-25H2,1-2H3,(H2,26,32)(H,27,28)(H,29,35)(H,30,34)(H,31,33)(H,36,37). The maximum absolute atomic E-state index is 13.2. The van der Waals surface area contributed by atoms with Crippen molar-refractivity contribution in [3.8, 4) is 0 Å². The van der Waals surface area contributed by atoms with Crippen molar-refractivity contribution in [3.05, 3.63) is 18.2 Å². The number of nitrogens with one attached hydrogen (secondary N) is 4. The molecule has 1 heterocycles. The zero-order valence-corrected chi connectivity index (χ0v) is 21.4. The third-order valence-electron chi connectivity index (χ3n) is 6.01. The Kier molecular flexibility index (Phi) is 13.9. The van der Waals surface area contributed by atoms with Crippen molar-refractivity contribution in [3.63, 3.8) is 0 Å². The molecule has 0 spiro atoms. The number of aromatic nitrogens is 2. The number of nitrogens with two attached hydrogens (primary N) is 3. The van der Waals surface area contributed by atoms with Gasteiger partial charge >= 0.3 is 5.97 Å². The minimum atomic E-state index is -1.25. The average Bonchev–Trinajstić information content (AvgIpc) is 3.37. The Morgan fingerprint density at radius 3 is 2.24 bits per heavy atom. The Balaban J connectivity index is 2.99. The minimum absolute atomic E-state index is 0.0209. The maximum atomic E-state index is 13.2. The SMILES string of the molecule is CCC(C)C(NC(=O)C(N)CCC(N)=O)C(=O)NC(CCCCN)C(=O)NC(Cc1cnc[nH]1)C(=O)O. The van der Waals surface area contributed by atoms with Crippen LogP contribution in [0.25, 0.3) is 0 Å². The highest BCUT2D eigenvalue weighted by Gasteiger charge is 2.32. The highest BCUT2D eigenvalue weighted by atomic mass is 16.4. The first-order valence-corrected chi connectivity index (χ1v) is 12.3. The molecule has 0 bridgehead atoms. The van der Waals surface area contributed by atoms with Gasteiger partial charge in [-0.05, 0) is 38.1 Å². The Bertz CT molecular complexity index is 894. The van der Waals surface area contributed by atoms with Gasteiger partial charge < -0.3 is 43.2 Å². The molecule has 0 saturated carbocycles. The van der Waals surface area contributed by atoms with Crippen molar-refractivity contribution in [2.75, 3.05) is 6.54 Å². The quantitative estimate of drug-likeness (QED) is 0.101. The molecule has 0 saturated heterocycles. The zero-order valence-electron chi connectivity index (χ0n) is 21.4. The van der Waals surface area contributed by atoms with Crippen LogP contribution in [0.1, 0.15) is 58.1 Å². The van der Waals surface area contributed by atoms with E-state index in [1.165, 1.54) is 12.5 Å². The molecule has 14 heteroatoms. The van der Waals surface area contributed by atoms with Crippen LogP contribution in [0, 0.1) is 5.92 Å². The van der Waals surface area contributed by atoms with Crippen LogP contribution in [0.15, 0.2) is 12.5 Å². The molecule has 5 unspecified atom stereocenters. The summed E-state index contributed by atoms with van der Waals surface area (Å²) in [6.07, 6.45) is 4.61. The third-order valence-corrected chi connectivity index (χ3v) is 6.01. The number of hydrogen-bond donors (Lipinski definition) is 8. The number of nitrogens with zero attached hydrogens (tertiary/aromatic N) is 1. The van der Waals surface area contributed by atoms with Crippen LogP contribution in [-0.2, 0) is 30.4 Å². The monoisotopic (exact) mass is 524 g/mol. The van der Waals surface area contributed by atoms with Crippen molar-refractivity contribution in [2.24, 2.45) is 23.1 Å². The molecule has 37 heavy (non-hydrogen) atoms. The normalized spacial score (nSPS) is 15.0. The summed E-state index contributed by atoms with van der Waals surface area (Å²) in [4.78, 5) is 68.2.